The van der Waals surface area contributed by atoms with E-state index in [9.17, 15) is 0 Å². The molecule has 6 aromatic carbocycles. The Labute approximate surface area is 230 Å². The van der Waals surface area contributed by atoms with E-state index in [1.807, 2.05) is 0 Å². The monoisotopic (exact) mass is 518 g/mol. The molecule has 0 unspecified atom stereocenters. The molecule has 0 spiro atoms. The third-order valence-corrected chi connectivity index (χ3v) is 12.2. The van der Waals surface area contributed by atoms with Crippen molar-refractivity contribution in [1.82, 2.24) is 4.57 Å². The van der Waals surface area contributed by atoms with Gasteiger partial charge in [-0.15, -0.1) is 0 Å². The van der Waals surface area contributed by atoms with Crippen molar-refractivity contribution in [2.24, 2.45) is 0 Å². The van der Waals surface area contributed by atoms with Gasteiger partial charge in [0.1, 0.15) is 23.2 Å². The number of para-hydroxylation sites is 2. The summed E-state index contributed by atoms with van der Waals surface area (Å²) in [4.78, 5) is 0. The van der Waals surface area contributed by atoms with E-state index < -0.39 is 7.26 Å². The smallest absolute Gasteiger partial charge is 0.116 e. The van der Waals surface area contributed by atoms with E-state index in [0.717, 1.165) is 6.16 Å². The number of hydrogen-bond donors (Lipinski definition) is 0. The van der Waals surface area contributed by atoms with Gasteiger partial charge in [-0.2, -0.15) is 0 Å². The van der Waals surface area contributed by atoms with Gasteiger partial charge in [-0.3, -0.25) is 0 Å². The van der Waals surface area contributed by atoms with Gasteiger partial charge in [-0.1, -0.05) is 103 Å². The van der Waals surface area contributed by atoms with Crippen LogP contribution in [0, 0.1) is 0 Å². The Hall–Kier alpha value is -4.45. The van der Waals surface area contributed by atoms with Crippen LogP contribution in [0.4, 0.5) is 0 Å². The molecule has 0 saturated carbocycles. The van der Waals surface area contributed by atoms with Crippen LogP contribution in [0.25, 0.3) is 27.5 Å². The molecule has 0 saturated heterocycles. The van der Waals surface area contributed by atoms with Crippen molar-refractivity contribution in [2.75, 3.05) is 0 Å². The van der Waals surface area contributed by atoms with E-state index in [1.54, 1.807) is 0 Å². The highest BCUT2D eigenvalue weighted by Crippen LogP contribution is 2.58. The Morgan fingerprint density at radius 1 is 0.385 bits per heavy atom. The lowest BCUT2D eigenvalue weighted by molar-refractivity contribution is 1.17. The number of hydrogen-bond acceptors (Lipinski definition) is 0. The number of fused-ring (bicyclic) bond motifs is 3. The summed E-state index contributed by atoms with van der Waals surface area (Å²) in [5.41, 5.74) is 5.03. The van der Waals surface area contributed by atoms with Gasteiger partial charge in [0.05, 0.1) is 17.2 Å². The van der Waals surface area contributed by atoms with Crippen LogP contribution in [-0.2, 0) is 6.16 Å². The molecule has 1 aromatic heterocycles. The first-order chi connectivity index (χ1) is 19.3. The summed E-state index contributed by atoms with van der Waals surface area (Å²) in [7, 11) is -1.94. The summed E-state index contributed by atoms with van der Waals surface area (Å²) < 4.78 is 2.39. The van der Waals surface area contributed by atoms with Crippen molar-refractivity contribution in [3.63, 3.8) is 0 Å². The molecule has 1 nitrogen and oxygen atoms in total. The molecule has 0 aliphatic rings. The molecule has 0 radical (unpaired) electrons. The highest BCUT2D eigenvalue weighted by atomic mass is 31.2. The van der Waals surface area contributed by atoms with E-state index in [-0.39, 0.29) is 0 Å². The molecule has 0 bridgehead atoms. The van der Waals surface area contributed by atoms with E-state index in [2.05, 4.69) is 168 Å². The first-order valence-electron chi connectivity index (χ1n) is 13.5. The molecule has 0 atom stereocenters. The summed E-state index contributed by atoms with van der Waals surface area (Å²) in [5.74, 6) is 0. The van der Waals surface area contributed by atoms with E-state index in [4.69, 9.17) is 0 Å². The lowest BCUT2D eigenvalue weighted by Gasteiger charge is -2.28. The summed E-state index contributed by atoms with van der Waals surface area (Å²) in [6.45, 7) is 0. The standard InChI is InChI=1S/C37H29NP/c1-4-14-31(15-5-1)39(32-16-6-2-7-17-32,33-18-8-3-9-19-33)28-29-24-26-30(27-25-29)38-36-22-12-10-20-34(36)35-21-11-13-23-37(35)38/h1-27H,28H2/q+1. The maximum Gasteiger partial charge on any atom is 0.116 e. The number of aromatic nitrogens is 1. The third-order valence-electron chi connectivity index (χ3n) is 7.79. The van der Waals surface area contributed by atoms with Crippen LogP contribution in [0.3, 0.4) is 0 Å². The summed E-state index contributed by atoms with van der Waals surface area (Å²) in [6, 6.07) is 60.0. The summed E-state index contributed by atoms with van der Waals surface area (Å²) >= 11 is 0. The third kappa shape index (κ3) is 4.07. The predicted octanol–water partition coefficient (Wildman–Crippen LogP) is 8.28. The molecule has 0 fully saturated rings. The van der Waals surface area contributed by atoms with E-state index >= 15 is 0 Å². The molecular formula is C37H29NP+. The summed E-state index contributed by atoms with van der Waals surface area (Å²) in [5, 5.41) is 6.82. The molecule has 7 aromatic rings. The molecule has 0 N–H and O–H groups in total. The topological polar surface area (TPSA) is 4.93 Å². The Kier molecular flexibility index (Phi) is 6.08. The average molecular weight is 519 g/mol. The van der Waals surface area contributed by atoms with E-state index in [0.29, 0.717) is 0 Å². The molecule has 0 aliphatic heterocycles. The molecule has 2 heteroatoms. The molecular weight excluding hydrogens is 489 g/mol. The van der Waals surface area contributed by atoms with Crippen molar-refractivity contribution in [2.45, 2.75) is 6.16 Å². The van der Waals surface area contributed by atoms with Crippen LogP contribution in [0.15, 0.2) is 164 Å². The fourth-order valence-corrected chi connectivity index (χ4v) is 10.2. The average Bonchev–Trinajstić information content (AvgIpc) is 3.36. The lowest BCUT2D eigenvalue weighted by Crippen LogP contribution is -2.32. The Morgan fingerprint density at radius 3 is 1.21 bits per heavy atom. The molecule has 39 heavy (non-hydrogen) atoms. The SMILES string of the molecule is c1ccc([P+](Cc2ccc(-n3c4ccccc4c4ccccc43)cc2)(c2ccccc2)c2ccccc2)cc1. The first-order valence-corrected chi connectivity index (χ1v) is 15.4. The van der Waals surface area contributed by atoms with Crippen molar-refractivity contribution < 1.29 is 0 Å². The second-order valence-corrected chi connectivity index (χ2v) is 13.5. The predicted molar refractivity (Wildman–Crippen MR) is 170 cm³/mol. The molecule has 7 rings (SSSR count). The zero-order valence-electron chi connectivity index (χ0n) is 21.7. The maximum absolute atomic E-state index is 2.39. The van der Waals surface area contributed by atoms with Crippen molar-refractivity contribution >= 4 is 45.0 Å². The van der Waals surface area contributed by atoms with Crippen LogP contribution in [0.1, 0.15) is 5.56 Å². The van der Waals surface area contributed by atoms with Gasteiger partial charge in [0, 0.05) is 16.5 Å². The number of rotatable bonds is 6. The zero-order chi connectivity index (χ0) is 26.1. The minimum Gasteiger partial charge on any atom is -0.309 e. The largest absolute Gasteiger partial charge is 0.309 e. The Morgan fingerprint density at radius 2 is 0.769 bits per heavy atom. The maximum atomic E-state index is 2.39. The molecule has 0 aliphatic carbocycles. The fourth-order valence-electron chi connectivity index (χ4n) is 5.99. The van der Waals surface area contributed by atoms with Crippen LogP contribution in [0.5, 0.6) is 0 Å². The van der Waals surface area contributed by atoms with Gasteiger partial charge in [-0.25, -0.2) is 0 Å². The van der Waals surface area contributed by atoms with Gasteiger partial charge in [0.2, 0.25) is 0 Å². The molecule has 186 valence electrons. The minimum atomic E-state index is -1.94. The molecule has 0 amide bonds. The lowest BCUT2D eigenvalue weighted by atomic mass is 10.2. The van der Waals surface area contributed by atoms with Crippen LogP contribution < -0.4 is 15.9 Å². The fraction of sp³-hybridized carbons (Fsp3) is 0.0270. The van der Waals surface area contributed by atoms with Crippen LogP contribution in [-0.4, -0.2) is 4.57 Å². The van der Waals surface area contributed by atoms with E-state index in [1.165, 1.54) is 49.0 Å². The second-order valence-electron chi connectivity index (χ2n) is 10.0. The van der Waals surface area contributed by atoms with Crippen LogP contribution in [0.2, 0.25) is 0 Å². The normalized spacial score (nSPS) is 11.7. The second kappa shape index (κ2) is 10.0. The van der Waals surface area contributed by atoms with Gasteiger partial charge in [0.15, 0.2) is 0 Å². The first kappa shape index (κ1) is 23.7. The zero-order valence-corrected chi connectivity index (χ0v) is 22.6. The minimum absolute atomic E-state index is 0.971. The number of nitrogens with zero attached hydrogens (tertiary/aromatic N) is 1. The number of benzene rings is 6. The van der Waals surface area contributed by atoms with Crippen molar-refractivity contribution in [1.29, 1.82) is 0 Å². The van der Waals surface area contributed by atoms with Gasteiger partial charge in [-0.05, 0) is 66.2 Å². The van der Waals surface area contributed by atoms with Crippen LogP contribution >= 0.6 is 7.26 Å². The van der Waals surface area contributed by atoms with Gasteiger partial charge in [0.25, 0.3) is 0 Å². The van der Waals surface area contributed by atoms with Crippen molar-refractivity contribution in [3.05, 3.63) is 169 Å². The summed E-state index contributed by atoms with van der Waals surface area (Å²) in [6.07, 6.45) is 0.971. The quantitative estimate of drug-likeness (QED) is 0.195. The van der Waals surface area contributed by atoms with Gasteiger partial charge >= 0.3 is 0 Å². The highest BCUT2D eigenvalue weighted by molar-refractivity contribution is 7.95. The Balaban J connectivity index is 1.38. The highest BCUT2D eigenvalue weighted by Gasteiger charge is 2.45. The molecule has 1 heterocycles. The Bertz CT molecular complexity index is 1700. The van der Waals surface area contributed by atoms with Gasteiger partial charge < -0.3 is 4.57 Å². The van der Waals surface area contributed by atoms with Crippen molar-refractivity contribution in [3.8, 4) is 5.69 Å².